The fourth-order valence-corrected chi connectivity index (χ4v) is 2.89. The quantitative estimate of drug-likeness (QED) is 0.843. The minimum atomic E-state index is 0.226. The highest BCUT2D eigenvalue weighted by atomic mass is 16.5. The van der Waals surface area contributed by atoms with E-state index in [2.05, 4.69) is 50.4 Å². The Labute approximate surface area is 117 Å². The molecule has 1 heterocycles. The van der Waals surface area contributed by atoms with E-state index in [1.807, 2.05) is 0 Å². The molecule has 2 nitrogen and oxygen atoms in total. The van der Waals surface area contributed by atoms with Crippen LogP contribution < -0.4 is 5.32 Å². The fraction of sp³-hybridized carbons (Fsp3) is 0.647. The van der Waals surface area contributed by atoms with Crippen molar-refractivity contribution < 1.29 is 4.74 Å². The summed E-state index contributed by atoms with van der Waals surface area (Å²) in [7, 11) is 0. The molecule has 19 heavy (non-hydrogen) atoms. The average molecular weight is 261 g/mol. The van der Waals surface area contributed by atoms with Crippen molar-refractivity contribution in [3.8, 4) is 0 Å². The van der Waals surface area contributed by atoms with Gasteiger partial charge in [-0.05, 0) is 42.9 Å². The standard InChI is InChI=1S/C17H27NO/c1-4-18-16(10-9-13(2)3)17-15-8-6-5-7-14(15)11-12-19-17/h5-8,13,16-18H,4,9-12H2,1-3H3. The smallest absolute Gasteiger partial charge is 0.0980 e. The highest BCUT2D eigenvalue weighted by molar-refractivity contribution is 5.31. The molecule has 0 fully saturated rings. The lowest BCUT2D eigenvalue weighted by molar-refractivity contribution is 0.0125. The Morgan fingerprint density at radius 1 is 1.26 bits per heavy atom. The lowest BCUT2D eigenvalue weighted by Crippen LogP contribution is -2.38. The van der Waals surface area contributed by atoms with Crippen molar-refractivity contribution in [2.75, 3.05) is 13.2 Å². The molecule has 1 aromatic rings. The van der Waals surface area contributed by atoms with Crippen molar-refractivity contribution in [2.24, 2.45) is 5.92 Å². The Hall–Kier alpha value is -0.860. The third kappa shape index (κ3) is 3.80. The van der Waals surface area contributed by atoms with Gasteiger partial charge in [0, 0.05) is 6.04 Å². The normalized spacial score (nSPS) is 20.3. The van der Waals surface area contributed by atoms with Gasteiger partial charge in [0.05, 0.1) is 12.7 Å². The van der Waals surface area contributed by atoms with E-state index in [9.17, 15) is 0 Å². The molecule has 0 saturated heterocycles. The molecule has 1 N–H and O–H groups in total. The molecule has 2 heteroatoms. The number of rotatable bonds is 6. The summed E-state index contributed by atoms with van der Waals surface area (Å²) >= 11 is 0. The second kappa shape index (κ2) is 7.06. The molecule has 106 valence electrons. The van der Waals surface area contributed by atoms with Crippen LogP contribution in [0, 0.1) is 5.92 Å². The first kappa shape index (κ1) is 14.5. The summed E-state index contributed by atoms with van der Waals surface area (Å²) in [5, 5.41) is 3.62. The fourth-order valence-electron chi connectivity index (χ4n) is 2.89. The minimum absolute atomic E-state index is 0.226. The maximum atomic E-state index is 6.09. The summed E-state index contributed by atoms with van der Waals surface area (Å²) in [6, 6.07) is 9.19. The van der Waals surface area contributed by atoms with Gasteiger partial charge in [0.1, 0.15) is 0 Å². The number of benzene rings is 1. The zero-order valence-corrected chi connectivity index (χ0v) is 12.5. The highest BCUT2D eigenvalue weighted by Crippen LogP contribution is 2.31. The van der Waals surface area contributed by atoms with E-state index in [0.29, 0.717) is 6.04 Å². The van der Waals surface area contributed by atoms with E-state index in [0.717, 1.165) is 25.5 Å². The number of nitrogens with one attached hydrogen (secondary N) is 1. The molecule has 2 unspecified atom stereocenters. The van der Waals surface area contributed by atoms with Gasteiger partial charge < -0.3 is 10.1 Å². The van der Waals surface area contributed by atoms with Gasteiger partial charge in [0.25, 0.3) is 0 Å². The Morgan fingerprint density at radius 3 is 2.79 bits per heavy atom. The molecule has 2 rings (SSSR count). The largest absolute Gasteiger partial charge is 0.372 e. The van der Waals surface area contributed by atoms with Crippen LogP contribution >= 0.6 is 0 Å². The Bertz CT molecular complexity index is 389. The number of hydrogen-bond donors (Lipinski definition) is 1. The lowest BCUT2D eigenvalue weighted by atomic mass is 9.90. The van der Waals surface area contributed by atoms with E-state index in [1.54, 1.807) is 0 Å². The number of likely N-dealkylation sites (N-methyl/N-ethyl adjacent to an activating group) is 1. The van der Waals surface area contributed by atoms with Gasteiger partial charge in [-0.2, -0.15) is 0 Å². The van der Waals surface area contributed by atoms with Gasteiger partial charge in [-0.1, -0.05) is 45.0 Å². The highest BCUT2D eigenvalue weighted by Gasteiger charge is 2.27. The van der Waals surface area contributed by atoms with Crippen LogP contribution in [0.3, 0.4) is 0 Å². The van der Waals surface area contributed by atoms with Crippen LogP contribution in [0.1, 0.15) is 50.8 Å². The molecule has 1 aliphatic heterocycles. The molecular formula is C17H27NO. The predicted molar refractivity (Wildman–Crippen MR) is 80.4 cm³/mol. The Kier molecular flexibility index (Phi) is 5.41. The van der Waals surface area contributed by atoms with Gasteiger partial charge in [-0.3, -0.25) is 0 Å². The molecular weight excluding hydrogens is 234 g/mol. The SMILES string of the molecule is CCNC(CCC(C)C)C1OCCc2ccccc21. The maximum Gasteiger partial charge on any atom is 0.0980 e. The third-order valence-corrected chi connectivity index (χ3v) is 3.92. The molecule has 0 aromatic heterocycles. The van der Waals surface area contributed by atoms with Crippen LogP contribution in [-0.2, 0) is 11.2 Å². The summed E-state index contributed by atoms with van der Waals surface area (Å²) in [6.45, 7) is 8.62. The van der Waals surface area contributed by atoms with Crippen LogP contribution in [0.4, 0.5) is 0 Å². The summed E-state index contributed by atoms with van der Waals surface area (Å²) in [4.78, 5) is 0. The number of fused-ring (bicyclic) bond motifs is 1. The molecule has 0 saturated carbocycles. The monoisotopic (exact) mass is 261 g/mol. The van der Waals surface area contributed by atoms with Gasteiger partial charge >= 0.3 is 0 Å². The number of ether oxygens (including phenoxy) is 1. The molecule has 1 aliphatic rings. The summed E-state index contributed by atoms with van der Waals surface area (Å²) < 4.78 is 6.09. The van der Waals surface area contributed by atoms with E-state index in [-0.39, 0.29) is 6.10 Å². The van der Waals surface area contributed by atoms with Crippen LogP contribution in [0.2, 0.25) is 0 Å². The second-order valence-electron chi connectivity index (χ2n) is 5.88. The van der Waals surface area contributed by atoms with Crippen molar-refractivity contribution in [3.63, 3.8) is 0 Å². The average Bonchev–Trinajstić information content (AvgIpc) is 2.43. The van der Waals surface area contributed by atoms with Gasteiger partial charge in [0.15, 0.2) is 0 Å². The first-order chi connectivity index (χ1) is 9.22. The molecule has 2 atom stereocenters. The van der Waals surface area contributed by atoms with Crippen molar-refractivity contribution in [1.82, 2.24) is 5.32 Å². The summed E-state index contributed by atoms with van der Waals surface area (Å²) in [5.74, 6) is 0.750. The van der Waals surface area contributed by atoms with Crippen molar-refractivity contribution in [3.05, 3.63) is 35.4 Å². The summed E-state index contributed by atoms with van der Waals surface area (Å²) in [6.07, 6.45) is 3.71. The first-order valence-electron chi connectivity index (χ1n) is 7.65. The topological polar surface area (TPSA) is 21.3 Å². The van der Waals surface area contributed by atoms with E-state index in [4.69, 9.17) is 4.74 Å². The van der Waals surface area contributed by atoms with Crippen molar-refractivity contribution in [2.45, 2.75) is 52.2 Å². The van der Waals surface area contributed by atoms with Crippen molar-refractivity contribution >= 4 is 0 Å². The van der Waals surface area contributed by atoms with E-state index >= 15 is 0 Å². The zero-order valence-electron chi connectivity index (χ0n) is 12.5. The zero-order chi connectivity index (χ0) is 13.7. The molecule has 0 radical (unpaired) electrons. The molecule has 0 spiro atoms. The molecule has 0 aliphatic carbocycles. The van der Waals surface area contributed by atoms with E-state index < -0.39 is 0 Å². The van der Waals surface area contributed by atoms with Gasteiger partial charge in [0.2, 0.25) is 0 Å². The third-order valence-electron chi connectivity index (χ3n) is 3.92. The second-order valence-corrected chi connectivity index (χ2v) is 5.88. The van der Waals surface area contributed by atoms with Crippen molar-refractivity contribution in [1.29, 1.82) is 0 Å². The summed E-state index contributed by atoms with van der Waals surface area (Å²) in [5.41, 5.74) is 2.86. The lowest BCUT2D eigenvalue weighted by Gasteiger charge is -2.33. The molecule has 1 aromatic carbocycles. The number of hydrogen-bond acceptors (Lipinski definition) is 2. The minimum Gasteiger partial charge on any atom is -0.372 e. The predicted octanol–water partition coefficient (Wildman–Crippen LogP) is 3.71. The first-order valence-corrected chi connectivity index (χ1v) is 7.65. The van der Waals surface area contributed by atoms with Crippen LogP contribution in [0.5, 0.6) is 0 Å². The maximum absolute atomic E-state index is 6.09. The van der Waals surface area contributed by atoms with E-state index in [1.165, 1.54) is 24.0 Å². The molecule has 0 bridgehead atoms. The Balaban J connectivity index is 2.13. The van der Waals surface area contributed by atoms with Crippen LogP contribution in [0.25, 0.3) is 0 Å². The van der Waals surface area contributed by atoms with Crippen LogP contribution in [0.15, 0.2) is 24.3 Å². The van der Waals surface area contributed by atoms with Crippen LogP contribution in [-0.4, -0.2) is 19.2 Å². The molecule has 0 amide bonds. The van der Waals surface area contributed by atoms with Gasteiger partial charge in [-0.15, -0.1) is 0 Å². The van der Waals surface area contributed by atoms with Gasteiger partial charge in [-0.25, -0.2) is 0 Å². The Morgan fingerprint density at radius 2 is 2.05 bits per heavy atom.